The van der Waals surface area contributed by atoms with Crippen molar-refractivity contribution in [1.29, 1.82) is 4.78 Å². The van der Waals surface area contributed by atoms with Crippen LogP contribution >= 0.6 is 0 Å². The Balaban J connectivity index is 2.08. The maximum Gasteiger partial charge on any atom is 0.395 e. The number of carboxylic acids is 1. The van der Waals surface area contributed by atoms with E-state index in [0.717, 1.165) is 30.6 Å². The average molecular weight is 433 g/mol. The van der Waals surface area contributed by atoms with Gasteiger partial charge in [0.1, 0.15) is 6.04 Å². The number of alkyl halides is 3. The Hall–Kier alpha value is -1.91. The lowest BCUT2D eigenvalue weighted by Gasteiger charge is -2.22. The van der Waals surface area contributed by atoms with E-state index in [1.807, 2.05) is 6.08 Å². The highest BCUT2D eigenvalue weighted by atomic mass is 32.2. The Morgan fingerprint density at radius 2 is 1.86 bits per heavy atom. The quantitative estimate of drug-likeness (QED) is 0.478. The monoisotopic (exact) mass is 433 g/mol. The minimum Gasteiger partial charge on any atom is -0.480 e. The number of hydrogen-bond donors (Lipinski definition) is 4. The minimum absolute atomic E-state index is 0.0632. The Bertz CT molecular complexity index is 836. The molecule has 1 aliphatic heterocycles. The first kappa shape index (κ1) is 23.4. The molecule has 5 N–H and O–H groups in total. The van der Waals surface area contributed by atoms with Crippen molar-refractivity contribution in [3.8, 4) is 0 Å². The van der Waals surface area contributed by atoms with Crippen LogP contribution in [0.2, 0.25) is 0 Å². The van der Waals surface area contributed by atoms with Crippen LogP contribution in [0.5, 0.6) is 0 Å². The molecule has 10 heteroatoms. The van der Waals surface area contributed by atoms with Gasteiger partial charge in [0, 0.05) is 27.8 Å². The highest BCUT2D eigenvalue weighted by molar-refractivity contribution is 7.92. The summed E-state index contributed by atoms with van der Waals surface area (Å²) < 4.78 is 60.8. The first-order valence-electron chi connectivity index (χ1n) is 9.29. The van der Waals surface area contributed by atoms with Gasteiger partial charge in [-0.05, 0) is 42.5 Å². The molecule has 0 aromatic heterocycles. The molecule has 0 saturated carbocycles. The highest BCUT2D eigenvalue weighted by Crippen LogP contribution is 2.38. The maximum absolute atomic E-state index is 13.6. The molecule has 29 heavy (non-hydrogen) atoms. The molecule has 0 radical (unpaired) electrons. The van der Waals surface area contributed by atoms with Gasteiger partial charge in [0.25, 0.3) is 0 Å². The fourth-order valence-electron chi connectivity index (χ4n) is 3.18. The highest BCUT2D eigenvalue weighted by Gasteiger charge is 2.40. The predicted molar refractivity (Wildman–Crippen MR) is 106 cm³/mol. The number of nitrogens with one attached hydrogen (secondary N) is 2. The molecule has 1 aromatic rings. The number of halogens is 3. The van der Waals surface area contributed by atoms with Crippen molar-refractivity contribution in [1.82, 2.24) is 5.32 Å². The van der Waals surface area contributed by atoms with Gasteiger partial charge in [-0.2, -0.15) is 13.2 Å². The summed E-state index contributed by atoms with van der Waals surface area (Å²) in [6, 6.07) is 4.91. The number of aliphatic carboxylic acids is 1. The number of benzene rings is 1. The van der Waals surface area contributed by atoms with Crippen molar-refractivity contribution in [3.63, 3.8) is 0 Å². The van der Waals surface area contributed by atoms with Crippen LogP contribution < -0.4 is 11.1 Å². The summed E-state index contributed by atoms with van der Waals surface area (Å²) in [5.74, 6) is -3.94. The van der Waals surface area contributed by atoms with Gasteiger partial charge in [0.05, 0.1) is 5.92 Å². The molecule has 2 unspecified atom stereocenters. The number of carboxylic acid groups (broad SMARTS) is 1. The molecule has 0 spiro atoms. The van der Waals surface area contributed by atoms with Crippen molar-refractivity contribution in [3.05, 3.63) is 41.5 Å². The van der Waals surface area contributed by atoms with Gasteiger partial charge in [-0.3, -0.25) is 9.57 Å². The van der Waals surface area contributed by atoms with Gasteiger partial charge in [-0.1, -0.05) is 30.3 Å². The zero-order valence-electron chi connectivity index (χ0n) is 15.9. The molecule has 2 rings (SSSR count). The molecule has 0 bridgehead atoms. The average Bonchev–Trinajstić information content (AvgIpc) is 2.66. The summed E-state index contributed by atoms with van der Waals surface area (Å²) >= 11 is 0. The van der Waals surface area contributed by atoms with Crippen molar-refractivity contribution >= 4 is 21.3 Å². The van der Waals surface area contributed by atoms with Crippen molar-refractivity contribution in [2.45, 2.75) is 37.4 Å². The molecule has 1 aromatic carbocycles. The van der Waals surface area contributed by atoms with Gasteiger partial charge in [0.2, 0.25) is 0 Å². The third-order valence-electron chi connectivity index (χ3n) is 4.95. The minimum atomic E-state index is -4.54. The van der Waals surface area contributed by atoms with Gasteiger partial charge < -0.3 is 16.2 Å². The zero-order valence-corrected chi connectivity index (χ0v) is 16.7. The van der Waals surface area contributed by atoms with Crippen molar-refractivity contribution in [2.24, 2.45) is 5.73 Å². The third kappa shape index (κ3) is 7.13. The molecular weight excluding hydrogens is 407 g/mol. The normalized spacial score (nSPS) is 19.1. The van der Waals surface area contributed by atoms with E-state index in [9.17, 15) is 22.2 Å². The van der Waals surface area contributed by atoms with Crippen LogP contribution in [0.25, 0.3) is 5.57 Å². The summed E-state index contributed by atoms with van der Waals surface area (Å²) in [6.07, 6.45) is -2.44. The molecule has 162 valence electrons. The standard InChI is InChI=1S/C19H26F3N3O3S/c20-19(21,22)16(7-11-29(24,28)12-8-17(23)18(26)27)15-3-1-13(2-4-15)14-5-9-25-10-6-14/h1-5,16-17,24-25H,6-12,23H2,(H,26,27)/t16?,17-,29?/m0/s1. The Morgan fingerprint density at radius 1 is 1.24 bits per heavy atom. The molecule has 6 nitrogen and oxygen atoms in total. The van der Waals surface area contributed by atoms with Crippen LogP contribution in [0.1, 0.15) is 36.3 Å². The van der Waals surface area contributed by atoms with E-state index >= 15 is 0 Å². The molecule has 0 aliphatic carbocycles. The first-order valence-corrected chi connectivity index (χ1v) is 11.2. The van der Waals surface area contributed by atoms with Gasteiger partial charge in [-0.25, -0.2) is 4.21 Å². The van der Waals surface area contributed by atoms with E-state index in [2.05, 4.69) is 5.32 Å². The second-order valence-electron chi connectivity index (χ2n) is 7.14. The molecule has 0 amide bonds. The fourth-order valence-corrected chi connectivity index (χ4v) is 4.64. The van der Waals surface area contributed by atoms with Crippen molar-refractivity contribution < 1.29 is 27.3 Å². The van der Waals surface area contributed by atoms with Crippen LogP contribution in [0, 0.1) is 4.78 Å². The van der Waals surface area contributed by atoms with E-state index in [0.29, 0.717) is 0 Å². The Kier molecular flexibility index (Phi) is 7.84. The summed E-state index contributed by atoms with van der Waals surface area (Å²) in [4.78, 5) is 10.7. The second-order valence-corrected chi connectivity index (χ2v) is 9.58. The number of rotatable bonds is 9. The molecule has 0 saturated heterocycles. The van der Waals surface area contributed by atoms with E-state index in [4.69, 9.17) is 15.6 Å². The van der Waals surface area contributed by atoms with Gasteiger partial charge in [-0.15, -0.1) is 0 Å². The fraction of sp³-hybridized carbons (Fsp3) is 0.526. The third-order valence-corrected chi connectivity index (χ3v) is 6.75. The summed E-state index contributed by atoms with van der Waals surface area (Å²) in [5.41, 5.74) is 7.35. The largest absolute Gasteiger partial charge is 0.480 e. The second kappa shape index (κ2) is 9.73. The lowest BCUT2D eigenvalue weighted by Crippen LogP contribution is -2.32. The van der Waals surface area contributed by atoms with Gasteiger partial charge in [0.15, 0.2) is 0 Å². The molecule has 1 heterocycles. The van der Waals surface area contributed by atoms with E-state index in [-0.39, 0.29) is 17.7 Å². The maximum atomic E-state index is 13.6. The van der Waals surface area contributed by atoms with Crippen LogP contribution in [-0.2, 0) is 14.5 Å². The summed E-state index contributed by atoms with van der Waals surface area (Å²) in [5, 5.41) is 11.9. The molecule has 3 atom stereocenters. The molecule has 1 aliphatic rings. The summed E-state index contributed by atoms with van der Waals surface area (Å²) in [6.45, 7) is 1.55. The lowest BCUT2D eigenvalue weighted by molar-refractivity contribution is -0.150. The molecule has 0 fully saturated rings. The van der Waals surface area contributed by atoms with Crippen LogP contribution in [-0.4, -0.2) is 52.1 Å². The predicted octanol–water partition coefficient (Wildman–Crippen LogP) is 2.95. The Morgan fingerprint density at radius 3 is 2.38 bits per heavy atom. The summed E-state index contributed by atoms with van der Waals surface area (Å²) in [7, 11) is -3.36. The number of carbonyl (C=O) groups is 1. The zero-order chi connectivity index (χ0) is 21.7. The smallest absolute Gasteiger partial charge is 0.395 e. The van der Waals surface area contributed by atoms with E-state index in [1.165, 1.54) is 12.1 Å². The van der Waals surface area contributed by atoms with Gasteiger partial charge >= 0.3 is 12.1 Å². The van der Waals surface area contributed by atoms with Crippen LogP contribution in [0.4, 0.5) is 13.2 Å². The van der Waals surface area contributed by atoms with Crippen LogP contribution in [0.3, 0.4) is 0 Å². The first-order chi connectivity index (χ1) is 13.5. The van der Waals surface area contributed by atoms with E-state index in [1.54, 1.807) is 12.1 Å². The number of hydrogen-bond acceptors (Lipinski definition) is 5. The SMILES string of the molecule is N=S(=O)(CCC(c1ccc(C2=CCNCC2)cc1)C(F)(F)F)CC[C@H](N)C(=O)O. The van der Waals surface area contributed by atoms with E-state index < -0.39 is 46.0 Å². The Labute approximate surface area is 168 Å². The van der Waals surface area contributed by atoms with Crippen molar-refractivity contribution in [2.75, 3.05) is 24.6 Å². The van der Waals surface area contributed by atoms with Crippen LogP contribution in [0.15, 0.2) is 30.3 Å². The lowest BCUT2D eigenvalue weighted by atomic mass is 9.92. The topological polar surface area (TPSA) is 116 Å². The number of nitrogens with two attached hydrogens (primary N) is 1. The molecular formula is C19H26F3N3O3S.